The number of ether oxygens (including phenoxy) is 2. The molecule has 0 aromatic heterocycles. The molecule has 0 spiro atoms. The molecule has 0 aliphatic carbocycles. The molecule has 18 heavy (non-hydrogen) atoms. The van der Waals surface area contributed by atoms with E-state index in [-0.39, 0.29) is 6.10 Å². The van der Waals surface area contributed by atoms with Crippen LogP contribution in [0.4, 0.5) is 0 Å². The summed E-state index contributed by atoms with van der Waals surface area (Å²) in [5.74, 6) is 0.893. The zero-order valence-electron chi connectivity index (χ0n) is 10.1. The molecule has 3 heteroatoms. The SMILES string of the molecule is Brc1c(OC[C@H]2CCCO2)ccc2ccccc12. The van der Waals surface area contributed by atoms with Crippen LogP contribution in [0.25, 0.3) is 10.8 Å². The molecule has 0 bridgehead atoms. The van der Waals surface area contributed by atoms with Crippen LogP contribution in [0.15, 0.2) is 40.9 Å². The molecule has 0 saturated carbocycles. The van der Waals surface area contributed by atoms with Gasteiger partial charge >= 0.3 is 0 Å². The van der Waals surface area contributed by atoms with Crippen molar-refractivity contribution in [2.75, 3.05) is 13.2 Å². The lowest BCUT2D eigenvalue weighted by Crippen LogP contribution is -2.16. The van der Waals surface area contributed by atoms with E-state index in [4.69, 9.17) is 9.47 Å². The third-order valence-electron chi connectivity index (χ3n) is 3.28. The van der Waals surface area contributed by atoms with Gasteiger partial charge in [0.2, 0.25) is 0 Å². The fraction of sp³-hybridized carbons (Fsp3) is 0.333. The molecule has 1 heterocycles. The highest BCUT2D eigenvalue weighted by molar-refractivity contribution is 9.10. The van der Waals surface area contributed by atoms with Crippen molar-refractivity contribution in [2.45, 2.75) is 18.9 Å². The molecule has 1 atom stereocenters. The maximum atomic E-state index is 5.86. The van der Waals surface area contributed by atoms with Gasteiger partial charge in [0.15, 0.2) is 0 Å². The smallest absolute Gasteiger partial charge is 0.134 e. The first kappa shape index (κ1) is 12.0. The van der Waals surface area contributed by atoms with Crippen LogP contribution in [-0.4, -0.2) is 19.3 Å². The summed E-state index contributed by atoms with van der Waals surface area (Å²) in [6.45, 7) is 1.50. The van der Waals surface area contributed by atoms with Crippen molar-refractivity contribution in [3.63, 3.8) is 0 Å². The third-order valence-corrected chi connectivity index (χ3v) is 4.09. The van der Waals surface area contributed by atoms with E-state index in [9.17, 15) is 0 Å². The summed E-state index contributed by atoms with van der Waals surface area (Å²) in [6.07, 6.45) is 2.50. The summed E-state index contributed by atoms with van der Waals surface area (Å²) in [5, 5.41) is 2.40. The first-order valence-corrected chi connectivity index (χ1v) is 7.05. The normalized spacial score (nSPS) is 19.3. The summed E-state index contributed by atoms with van der Waals surface area (Å²) < 4.78 is 12.4. The Morgan fingerprint density at radius 2 is 2.11 bits per heavy atom. The maximum absolute atomic E-state index is 5.86. The fourth-order valence-corrected chi connectivity index (χ4v) is 2.89. The van der Waals surface area contributed by atoms with Crippen molar-refractivity contribution < 1.29 is 9.47 Å². The van der Waals surface area contributed by atoms with E-state index in [1.54, 1.807) is 0 Å². The minimum Gasteiger partial charge on any atom is -0.490 e. The molecule has 1 aliphatic heterocycles. The lowest BCUT2D eigenvalue weighted by atomic mass is 10.1. The van der Waals surface area contributed by atoms with Crippen molar-refractivity contribution >= 4 is 26.7 Å². The summed E-state index contributed by atoms with van der Waals surface area (Å²) >= 11 is 3.63. The van der Waals surface area contributed by atoms with Crippen molar-refractivity contribution in [1.82, 2.24) is 0 Å². The van der Waals surface area contributed by atoms with Gasteiger partial charge in [0.1, 0.15) is 12.4 Å². The molecule has 1 fully saturated rings. The molecule has 0 unspecified atom stereocenters. The Balaban J connectivity index is 1.81. The minimum absolute atomic E-state index is 0.253. The summed E-state index contributed by atoms with van der Waals surface area (Å²) in [4.78, 5) is 0. The molecular formula is C15H15BrO2. The fourth-order valence-electron chi connectivity index (χ4n) is 2.28. The predicted octanol–water partition coefficient (Wildman–Crippen LogP) is 4.16. The highest BCUT2D eigenvalue weighted by Gasteiger charge is 2.16. The van der Waals surface area contributed by atoms with Gasteiger partial charge in [0.05, 0.1) is 10.6 Å². The van der Waals surface area contributed by atoms with Gasteiger partial charge in [-0.3, -0.25) is 0 Å². The zero-order valence-corrected chi connectivity index (χ0v) is 11.7. The van der Waals surface area contributed by atoms with Gasteiger partial charge in [-0.15, -0.1) is 0 Å². The highest BCUT2D eigenvalue weighted by atomic mass is 79.9. The highest BCUT2D eigenvalue weighted by Crippen LogP contribution is 2.33. The number of halogens is 1. The van der Waals surface area contributed by atoms with Crippen LogP contribution in [0, 0.1) is 0 Å². The largest absolute Gasteiger partial charge is 0.490 e. The molecule has 3 rings (SSSR count). The monoisotopic (exact) mass is 306 g/mol. The van der Waals surface area contributed by atoms with Gasteiger partial charge in [-0.1, -0.05) is 30.3 Å². The molecule has 0 N–H and O–H groups in total. The molecule has 2 aromatic carbocycles. The lowest BCUT2D eigenvalue weighted by molar-refractivity contribution is 0.0677. The first-order valence-electron chi connectivity index (χ1n) is 6.26. The van der Waals surface area contributed by atoms with Gasteiger partial charge in [-0.25, -0.2) is 0 Å². The lowest BCUT2D eigenvalue weighted by Gasteiger charge is -2.13. The second-order valence-electron chi connectivity index (χ2n) is 4.54. The summed E-state index contributed by atoms with van der Waals surface area (Å²) in [7, 11) is 0. The van der Waals surface area contributed by atoms with Gasteiger partial charge in [-0.05, 0) is 45.6 Å². The van der Waals surface area contributed by atoms with E-state index >= 15 is 0 Å². The number of hydrogen-bond donors (Lipinski definition) is 0. The molecular weight excluding hydrogens is 292 g/mol. The summed E-state index contributed by atoms with van der Waals surface area (Å²) in [6, 6.07) is 12.4. The molecule has 0 amide bonds. The van der Waals surface area contributed by atoms with E-state index in [0.717, 1.165) is 29.7 Å². The molecule has 94 valence electrons. The standard InChI is InChI=1S/C15H15BrO2/c16-15-13-6-2-1-4-11(13)7-8-14(15)18-10-12-5-3-9-17-12/h1-2,4,6-8,12H,3,5,9-10H2/t12-/m1/s1. The van der Waals surface area contributed by atoms with E-state index in [1.165, 1.54) is 10.8 Å². The average molecular weight is 307 g/mol. The van der Waals surface area contributed by atoms with Gasteiger partial charge < -0.3 is 9.47 Å². The van der Waals surface area contributed by atoms with Crippen molar-refractivity contribution in [3.8, 4) is 5.75 Å². The van der Waals surface area contributed by atoms with Crippen LogP contribution in [0.1, 0.15) is 12.8 Å². The van der Waals surface area contributed by atoms with Crippen molar-refractivity contribution in [2.24, 2.45) is 0 Å². The van der Waals surface area contributed by atoms with E-state index in [1.807, 2.05) is 18.2 Å². The van der Waals surface area contributed by atoms with Crippen LogP contribution in [0.3, 0.4) is 0 Å². The number of fused-ring (bicyclic) bond motifs is 1. The Labute approximate surface area is 115 Å². The number of benzene rings is 2. The average Bonchev–Trinajstić information content (AvgIpc) is 2.91. The first-order chi connectivity index (χ1) is 8.84. The van der Waals surface area contributed by atoms with E-state index in [0.29, 0.717) is 6.61 Å². The van der Waals surface area contributed by atoms with Crippen LogP contribution in [0.2, 0.25) is 0 Å². The Morgan fingerprint density at radius 1 is 1.22 bits per heavy atom. The molecule has 1 aliphatic rings. The summed E-state index contributed by atoms with van der Waals surface area (Å²) in [5.41, 5.74) is 0. The quantitative estimate of drug-likeness (QED) is 0.847. The van der Waals surface area contributed by atoms with Crippen LogP contribution >= 0.6 is 15.9 Å². The Morgan fingerprint density at radius 3 is 2.94 bits per heavy atom. The van der Waals surface area contributed by atoms with Crippen LogP contribution < -0.4 is 4.74 Å². The topological polar surface area (TPSA) is 18.5 Å². The molecule has 0 radical (unpaired) electrons. The second-order valence-corrected chi connectivity index (χ2v) is 5.34. The van der Waals surface area contributed by atoms with Gasteiger partial charge in [-0.2, -0.15) is 0 Å². The minimum atomic E-state index is 0.253. The predicted molar refractivity (Wildman–Crippen MR) is 76.1 cm³/mol. The van der Waals surface area contributed by atoms with E-state index < -0.39 is 0 Å². The molecule has 2 nitrogen and oxygen atoms in total. The van der Waals surface area contributed by atoms with E-state index in [2.05, 4.69) is 34.1 Å². The second kappa shape index (κ2) is 5.29. The van der Waals surface area contributed by atoms with Gasteiger partial charge in [0, 0.05) is 6.61 Å². The Hall–Kier alpha value is -1.06. The number of rotatable bonds is 3. The van der Waals surface area contributed by atoms with Crippen LogP contribution in [0.5, 0.6) is 5.75 Å². The number of hydrogen-bond acceptors (Lipinski definition) is 2. The van der Waals surface area contributed by atoms with Gasteiger partial charge in [0.25, 0.3) is 0 Å². The third kappa shape index (κ3) is 2.38. The molecule has 2 aromatic rings. The Kier molecular flexibility index (Phi) is 3.52. The molecule has 1 saturated heterocycles. The van der Waals surface area contributed by atoms with Crippen molar-refractivity contribution in [1.29, 1.82) is 0 Å². The van der Waals surface area contributed by atoms with Crippen LogP contribution in [-0.2, 0) is 4.74 Å². The van der Waals surface area contributed by atoms with Crippen molar-refractivity contribution in [3.05, 3.63) is 40.9 Å². The maximum Gasteiger partial charge on any atom is 0.134 e. The Bertz CT molecular complexity index is 547. The zero-order chi connectivity index (χ0) is 12.4.